The van der Waals surface area contributed by atoms with Crippen molar-refractivity contribution in [3.8, 4) is 11.6 Å². The van der Waals surface area contributed by atoms with Crippen LogP contribution in [0.1, 0.15) is 0 Å². The largest absolute Gasteiger partial charge is 0.437 e. The van der Waals surface area contributed by atoms with Gasteiger partial charge < -0.3 is 10.5 Å². The number of anilines is 1. The monoisotopic (exact) mass is 278 g/mol. The fourth-order valence-electron chi connectivity index (χ4n) is 2.22. The van der Waals surface area contributed by atoms with E-state index in [4.69, 9.17) is 10.5 Å². The minimum Gasteiger partial charge on any atom is -0.437 e. The SMILES string of the molecule is Nc1ccc(Oc2cncc3nnnn23)c2ccccc12. The van der Waals surface area contributed by atoms with Crippen LogP contribution < -0.4 is 10.5 Å². The first-order valence-electron chi connectivity index (χ1n) is 6.30. The third-order valence-electron chi connectivity index (χ3n) is 3.21. The third kappa shape index (κ3) is 1.83. The maximum atomic E-state index is 5.99. The van der Waals surface area contributed by atoms with Gasteiger partial charge in [0.15, 0.2) is 0 Å². The molecule has 4 rings (SSSR count). The van der Waals surface area contributed by atoms with Gasteiger partial charge in [0.2, 0.25) is 11.5 Å². The zero-order valence-corrected chi connectivity index (χ0v) is 10.8. The summed E-state index contributed by atoms with van der Waals surface area (Å²) in [4.78, 5) is 4.07. The number of nitrogens with zero attached hydrogens (tertiary/aromatic N) is 5. The molecule has 0 radical (unpaired) electrons. The summed E-state index contributed by atoms with van der Waals surface area (Å²) in [5.74, 6) is 1.11. The summed E-state index contributed by atoms with van der Waals surface area (Å²) in [7, 11) is 0. The molecule has 0 aliphatic rings. The van der Waals surface area contributed by atoms with Gasteiger partial charge in [-0.2, -0.15) is 4.52 Å². The Hall–Kier alpha value is -3.22. The number of ether oxygens (including phenoxy) is 1. The molecule has 4 aromatic rings. The first kappa shape index (κ1) is 11.6. The van der Waals surface area contributed by atoms with Crippen LogP contribution in [0.25, 0.3) is 16.4 Å². The lowest BCUT2D eigenvalue weighted by molar-refractivity contribution is 0.447. The minimum atomic E-state index is 0.437. The van der Waals surface area contributed by atoms with E-state index in [-0.39, 0.29) is 0 Å². The summed E-state index contributed by atoms with van der Waals surface area (Å²) in [6.07, 6.45) is 3.13. The highest BCUT2D eigenvalue weighted by Gasteiger charge is 2.09. The Labute approximate surface area is 119 Å². The molecule has 0 amide bonds. The molecule has 0 atom stereocenters. The highest BCUT2D eigenvalue weighted by Crippen LogP contribution is 2.32. The Kier molecular flexibility index (Phi) is 2.43. The van der Waals surface area contributed by atoms with Crippen molar-refractivity contribution in [1.29, 1.82) is 0 Å². The Balaban J connectivity index is 1.88. The summed E-state index contributed by atoms with van der Waals surface area (Å²) >= 11 is 0. The van der Waals surface area contributed by atoms with Crippen molar-refractivity contribution >= 4 is 22.1 Å². The van der Waals surface area contributed by atoms with Gasteiger partial charge in [0.1, 0.15) is 5.75 Å². The van der Waals surface area contributed by atoms with Crippen LogP contribution in [-0.2, 0) is 0 Å². The molecular formula is C14H10N6O. The highest BCUT2D eigenvalue weighted by molar-refractivity contribution is 5.97. The summed E-state index contributed by atoms with van der Waals surface area (Å²) in [5, 5.41) is 13.2. The summed E-state index contributed by atoms with van der Waals surface area (Å²) in [6.45, 7) is 0. The van der Waals surface area contributed by atoms with Crippen LogP contribution >= 0.6 is 0 Å². The molecule has 0 fully saturated rings. The van der Waals surface area contributed by atoms with E-state index < -0.39 is 0 Å². The quantitative estimate of drug-likeness (QED) is 0.564. The molecule has 2 N–H and O–H groups in total. The molecular weight excluding hydrogens is 268 g/mol. The van der Waals surface area contributed by atoms with Crippen molar-refractivity contribution in [2.24, 2.45) is 0 Å². The molecule has 7 nitrogen and oxygen atoms in total. The lowest BCUT2D eigenvalue weighted by atomic mass is 10.1. The second kappa shape index (κ2) is 4.41. The number of aromatic nitrogens is 5. The van der Waals surface area contributed by atoms with E-state index in [1.54, 1.807) is 12.4 Å². The number of hydrogen-bond donors (Lipinski definition) is 1. The molecule has 102 valence electrons. The predicted molar refractivity (Wildman–Crippen MR) is 77.0 cm³/mol. The molecule has 0 spiro atoms. The summed E-state index contributed by atoms with van der Waals surface area (Å²) < 4.78 is 7.40. The van der Waals surface area contributed by atoms with Crippen LogP contribution in [0.3, 0.4) is 0 Å². The minimum absolute atomic E-state index is 0.437. The van der Waals surface area contributed by atoms with E-state index in [9.17, 15) is 0 Å². The average molecular weight is 278 g/mol. The van der Waals surface area contributed by atoms with Crippen molar-refractivity contribution < 1.29 is 4.74 Å². The van der Waals surface area contributed by atoms with Crippen LogP contribution in [0.2, 0.25) is 0 Å². The third-order valence-corrected chi connectivity index (χ3v) is 3.21. The maximum absolute atomic E-state index is 5.99. The van der Waals surface area contributed by atoms with Crippen LogP contribution in [0, 0.1) is 0 Å². The molecule has 2 aromatic heterocycles. The van der Waals surface area contributed by atoms with Gasteiger partial charge in [-0.25, -0.2) is 0 Å². The molecule has 0 aliphatic heterocycles. The van der Waals surface area contributed by atoms with Crippen LogP contribution in [0.15, 0.2) is 48.8 Å². The Morgan fingerprint density at radius 1 is 1.00 bits per heavy atom. The Morgan fingerprint density at radius 3 is 2.76 bits per heavy atom. The molecule has 0 aliphatic carbocycles. The lowest BCUT2D eigenvalue weighted by Gasteiger charge is -2.10. The summed E-state index contributed by atoms with van der Waals surface area (Å²) in [6, 6.07) is 11.4. The maximum Gasteiger partial charge on any atom is 0.242 e. The van der Waals surface area contributed by atoms with Gasteiger partial charge in [0.25, 0.3) is 0 Å². The van der Waals surface area contributed by atoms with Crippen LogP contribution in [0.4, 0.5) is 5.69 Å². The highest BCUT2D eigenvalue weighted by atomic mass is 16.5. The number of hydrogen-bond acceptors (Lipinski definition) is 6. The van der Waals surface area contributed by atoms with E-state index in [1.165, 1.54) is 4.52 Å². The standard InChI is InChI=1S/C14H10N6O/c15-11-5-6-12(10-4-2-1-3-9(10)11)21-14-8-16-7-13-17-18-19-20(13)14/h1-8H,15H2. The number of benzene rings is 2. The van der Waals surface area contributed by atoms with Crippen molar-refractivity contribution in [2.75, 3.05) is 5.73 Å². The molecule has 7 heteroatoms. The van der Waals surface area contributed by atoms with Gasteiger partial charge in [-0.15, -0.1) is 5.10 Å². The predicted octanol–water partition coefficient (Wildman–Crippen LogP) is 2.05. The topological polar surface area (TPSA) is 91.2 Å². The number of tetrazole rings is 1. The molecule has 21 heavy (non-hydrogen) atoms. The second-order valence-electron chi connectivity index (χ2n) is 4.49. The lowest BCUT2D eigenvalue weighted by Crippen LogP contribution is -1.98. The first-order chi connectivity index (χ1) is 10.3. The van der Waals surface area contributed by atoms with E-state index in [1.807, 2.05) is 36.4 Å². The normalized spacial score (nSPS) is 11.0. The first-order valence-corrected chi connectivity index (χ1v) is 6.30. The van der Waals surface area contributed by atoms with Gasteiger partial charge in [-0.05, 0) is 22.6 Å². The number of nitrogen functional groups attached to an aromatic ring is 1. The Bertz CT molecular complexity index is 948. The average Bonchev–Trinajstić information content (AvgIpc) is 3.00. The zero-order chi connectivity index (χ0) is 14.2. The fourth-order valence-corrected chi connectivity index (χ4v) is 2.22. The van der Waals surface area contributed by atoms with Gasteiger partial charge in [-0.1, -0.05) is 24.3 Å². The van der Waals surface area contributed by atoms with Gasteiger partial charge in [-0.3, -0.25) is 4.98 Å². The van der Waals surface area contributed by atoms with E-state index in [0.29, 0.717) is 23.0 Å². The van der Waals surface area contributed by atoms with Crippen LogP contribution in [0.5, 0.6) is 11.6 Å². The van der Waals surface area contributed by atoms with Crippen molar-refractivity contribution in [3.63, 3.8) is 0 Å². The Morgan fingerprint density at radius 2 is 1.86 bits per heavy atom. The van der Waals surface area contributed by atoms with E-state index in [0.717, 1.165) is 10.8 Å². The fraction of sp³-hybridized carbons (Fsp3) is 0. The van der Waals surface area contributed by atoms with Gasteiger partial charge in [0.05, 0.1) is 12.4 Å². The van der Waals surface area contributed by atoms with Gasteiger partial charge >= 0.3 is 0 Å². The molecule has 0 saturated carbocycles. The zero-order valence-electron chi connectivity index (χ0n) is 10.8. The number of fused-ring (bicyclic) bond motifs is 2. The molecule has 2 heterocycles. The smallest absolute Gasteiger partial charge is 0.242 e. The van der Waals surface area contributed by atoms with Crippen molar-refractivity contribution in [1.82, 2.24) is 25.0 Å². The summed E-state index contributed by atoms with van der Waals surface area (Å²) in [5.41, 5.74) is 7.21. The van der Waals surface area contributed by atoms with Crippen LogP contribution in [-0.4, -0.2) is 25.0 Å². The second-order valence-corrected chi connectivity index (χ2v) is 4.49. The number of rotatable bonds is 2. The number of nitrogens with two attached hydrogens (primary N) is 1. The molecule has 0 unspecified atom stereocenters. The van der Waals surface area contributed by atoms with Gasteiger partial charge in [0, 0.05) is 16.5 Å². The molecule has 0 saturated heterocycles. The van der Waals surface area contributed by atoms with E-state index >= 15 is 0 Å². The van der Waals surface area contributed by atoms with Crippen molar-refractivity contribution in [2.45, 2.75) is 0 Å². The molecule has 0 bridgehead atoms. The van der Waals surface area contributed by atoms with Crippen molar-refractivity contribution in [3.05, 3.63) is 48.8 Å². The van der Waals surface area contributed by atoms with E-state index in [2.05, 4.69) is 20.5 Å². The molecule has 2 aromatic carbocycles.